The first-order valence-corrected chi connectivity index (χ1v) is 8.10. The predicted molar refractivity (Wildman–Crippen MR) is 99.1 cm³/mol. The molecule has 8 heteroatoms. The van der Waals surface area contributed by atoms with E-state index in [4.69, 9.17) is 17.3 Å². The lowest BCUT2D eigenvalue weighted by molar-refractivity contribution is -0.123. The van der Waals surface area contributed by atoms with Gasteiger partial charge in [-0.15, -0.1) is 0 Å². The van der Waals surface area contributed by atoms with Gasteiger partial charge in [0, 0.05) is 17.1 Å². The van der Waals surface area contributed by atoms with Crippen molar-refractivity contribution in [3.8, 4) is 5.69 Å². The Morgan fingerprint density at radius 3 is 2.23 bits per heavy atom. The van der Waals surface area contributed by atoms with Crippen LogP contribution in [-0.4, -0.2) is 32.6 Å². The van der Waals surface area contributed by atoms with E-state index in [1.807, 2.05) is 24.5 Å². The Kier molecular flexibility index (Phi) is 4.43. The minimum atomic E-state index is -0.991. The summed E-state index contributed by atoms with van der Waals surface area (Å²) in [6, 6.07) is 8.31. The second kappa shape index (κ2) is 6.57. The summed E-state index contributed by atoms with van der Waals surface area (Å²) < 4.78 is 1.92. The summed E-state index contributed by atoms with van der Waals surface area (Å²) in [5.74, 6) is -2.08. The van der Waals surface area contributed by atoms with Crippen LogP contribution in [-0.2, 0) is 9.59 Å². The molecule has 0 spiro atoms. The Balaban J connectivity index is 2.02. The van der Waals surface area contributed by atoms with Gasteiger partial charge in [-0.2, -0.15) is 0 Å². The molecule has 1 fully saturated rings. The fourth-order valence-corrected chi connectivity index (χ4v) is 3.03. The van der Waals surface area contributed by atoms with Crippen LogP contribution in [0, 0.1) is 13.8 Å². The van der Waals surface area contributed by atoms with Crippen LogP contribution in [0.15, 0.2) is 35.9 Å². The molecule has 1 saturated heterocycles. The number of aryl methyl sites for hydroxylation is 1. The molecule has 0 atom stereocenters. The average Bonchev–Trinajstić information content (AvgIpc) is 2.84. The lowest BCUT2D eigenvalue weighted by Gasteiger charge is -2.16. The Morgan fingerprint density at radius 2 is 1.69 bits per heavy atom. The minimum absolute atomic E-state index is 0.0128. The summed E-state index contributed by atoms with van der Waals surface area (Å²) in [5, 5.41) is 13.8. The highest BCUT2D eigenvalue weighted by atomic mass is 32.1. The normalized spacial score (nSPS) is 14.1. The largest absolute Gasteiger partial charge is 0.478 e. The van der Waals surface area contributed by atoms with Crippen LogP contribution >= 0.6 is 12.2 Å². The molecule has 1 aliphatic heterocycles. The maximum atomic E-state index is 12.0. The van der Waals surface area contributed by atoms with Crippen molar-refractivity contribution in [1.29, 1.82) is 0 Å². The number of nitrogens with zero attached hydrogens (tertiary/aromatic N) is 1. The molecule has 0 aliphatic carbocycles. The molecule has 2 aromatic rings. The summed E-state index contributed by atoms with van der Waals surface area (Å²) in [5.41, 5.74) is 3.35. The van der Waals surface area contributed by atoms with Crippen molar-refractivity contribution in [1.82, 2.24) is 15.2 Å². The number of amides is 2. The molecule has 0 bridgehead atoms. The van der Waals surface area contributed by atoms with Gasteiger partial charge in [0.2, 0.25) is 0 Å². The molecule has 3 rings (SSSR count). The van der Waals surface area contributed by atoms with E-state index < -0.39 is 17.8 Å². The number of carbonyl (C=O) groups excluding carboxylic acids is 2. The summed E-state index contributed by atoms with van der Waals surface area (Å²) >= 11 is 4.78. The fourth-order valence-electron chi connectivity index (χ4n) is 2.85. The van der Waals surface area contributed by atoms with E-state index in [-0.39, 0.29) is 16.2 Å². The third-order valence-electron chi connectivity index (χ3n) is 4.09. The first-order valence-electron chi connectivity index (χ1n) is 7.69. The van der Waals surface area contributed by atoms with Crippen molar-refractivity contribution in [3.63, 3.8) is 0 Å². The Bertz CT molecular complexity index is 965. The van der Waals surface area contributed by atoms with E-state index in [2.05, 4.69) is 10.6 Å². The van der Waals surface area contributed by atoms with Gasteiger partial charge in [-0.1, -0.05) is 0 Å². The number of benzene rings is 1. The van der Waals surface area contributed by atoms with Crippen LogP contribution in [0.4, 0.5) is 0 Å². The summed E-state index contributed by atoms with van der Waals surface area (Å²) in [6.07, 6.45) is 1.51. The molecule has 1 aromatic heterocycles. The van der Waals surface area contributed by atoms with Gasteiger partial charge in [-0.3, -0.25) is 20.2 Å². The fraction of sp³-hybridized carbons (Fsp3) is 0.111. The number of rotatable bonds is 3. The monoisotopic (exact) mass is 369 g/mol. The van der Waals surface area contributed by atoms with Gasteiger partial charge in [0.1, 0.15) is 5.57 Å². The van der Waals surface area contributed by atoms with Crippen LogP contribution < -0.4 is 10.6 Å². The van der Waals surface area contributed by atoms with Crippen molar-refractivity contribution < 1.29 is 19.5 Å². The number of carboxylic acids is 1. The number of thiocarbonyl (C=S) groups is 1. The van der Waals surface area contributed by atoms with Crippen molar-refractivity contribution in [2.45, 2.75) is 13.8 Å². The number of aromatic nitrogens is 1. The van der Waals surface area contributed by atoms with E-state index in [1.54, 1.807) is 12.1 Å². The zero-order valence-electron chi connectivity index (χ0n) is 14.0. The lowest BCUT2D eigenvalue weighted by atomic mass is 10.1. The van der Waals surface area contributed by atoms with Crippen molar-refractivity contribution >= 4 is 41.2 Å². The molecule has 0 radical (unpaired) electrons. The van der Waals surface area contributed by atoms with Crippen LogP contribution in [0.2, 0.25) is 0 Å². The van der Waals surface area contributed by atoms with Crippen LogP contribution in [0.1, 0.15) is 27.3 Å². The molecule has 0 saturated carbocycles. The van der Waals surface area contributed by atoms with Gasteiger partial charge in [-0.25, -0.2) is 4.79 Å². The van der Waals surface area contributed by atoms with E-state index in [9.17, 15) is 14.4 Å². The topological polar surface area (TPSA) is 100 Å². The second-order valence-corrected chi connectivity index (χ2v) is 6.22. The molecule has 2 amide bonds. The minimum Gasteiger partial charge on any atom is -0.478 e. The lowest BCUT2D eigenvalue weighted by Crippen LogP contribution is -2.51. The molecule has 7 nitrogen and oxygen atoms in total. The van der Waals surface area contributed by atoms with E-state index in [1.165, 1.54) is 18.2 Å². The van der Waals surface area contributed by atoms with Gasteiger partial charge in [-0.05, 0) is 68.0 Å². The smallest absolute Gasteiger partial charge is 0.335 e. The van der Waals surface area contributed by atoms with E-state index in [0.717, 1.165) is 17.1 Å². The van der Waals surface area contributed by atoms with Crippen molar-refractivity contribution in [3.05, 3.63) is 58.4 Å². The summed E-state index contributed by atoms with van der Waals surface area (Å²) in [4.78, 5) is 35.0. The molecule has 2 heterocycles. The number of nitrogens with one attached hydrogen (secondary N) is 2. The van der Waals surface area contributed by atoms with Gasteiger partial charge in [0.15, 0.2) is 5.11 Å². The highest BCUT2D eigenvalue weighted by Crippen LogP contribution is 2.23. The number of hydrogen-bond donors (Lipinski definition) is 3. The van der Waals surface area contributed by atoms with Gasteiger partial charge >= 0.3 is 5.97 Å². The van der Waals surface area contributed by atoms with E-state index >= 15 is 0 Å². The second-order valence-electron chi connectivity index (χ2n) is 5.81. The maximum absolute atomic E-state index is 12.0. The molecule has 26 heavy (non-hydrogen) atoms. The maximum Gasteiger partial charge on any atom is 0.335 e. The number of aromatic carboxylic acids is 1. The third-order valence-corrected chi connectivity index (χ3v) is 4.29. The van der Waals surface area contributed by atoms with Gasteiger partial charge in [0.25, 0.3) is 11.8 Å². The van der Waals surface area contributed by atoms with Crippen molar-refractivity contribution in [2.75, 3.05) is 0 Å². The third kappa shape index (κ3) is 3.14. The zero-order valence-corrected chi connectivity index (χ0v) is 14.8. The molecule has 132 valence electrons. The predicted octanol–water partition coefficient (Wildman–Crippen LogP) is 1.71. The zero-order chi connectivity index (χ0) is 19.0. The molecule has 0 unspecified atom stereocenters. The number of hydrogen-bond acceptors (Lipinski definition) is 4. The number of carboxylic acid groups (broad SMARTS) is 1. The Morgan fingerprint density at radius 1 is 1.12 bits per heavy atom. The van der Waals surface area contributed by atoms with Gasteiger partial charge in [0.05, 0.1) is 5.56 Å². The first-order chi connectivity index (χ1) is 12.3. The SMILES string of the molecule is Cc1cc(C=C2C(=O)NC(=S)NC2=O)c(C)n1-c1ccc(C(=O)O)cc1. The highest BCUT2D eigenvalue weighted by Gasteiger charge is 2.26. The average molecular weight is 369 g/mol. The quantitative estimate of drug-likeness (QED) is 0.434. The molecule has 3 N–H and O–H groups in total. The Hall–Kier alpha value is -3.26. The first kappa shape index (κ1) is 17.6. The number of carbonyl (C=O) groups is 3. The highest BCUT2D eigenvalue weighted by molar-refractivity contribution is 7.80. The Labute approximate surface area is 154 Å². The van der Waals surface area contributed by atoms with Crippen LogP contribution in [0.25, 0.3) is 11.8 Å². The van der Waals surface area contributed by atoms with Gasteiger partial charge < -0.3 is 9.67 Å². The van der Waals surface area contributed by atoms with Crippen LogP contribution in [0.5, 0.6) is 0 Å². The molecule has 1 aromatic carbocycles. The molecule has 1 aliphatic rings. The standard InChI is InChI=1S/C18H15N3O4S/c1-9-7-12(8-14-15(22)19-18(26)20-16(14)23)10(2)21(9)13-5-3-11(4-6-13)17(24)25/h3-8H,1-2H3,(H,24,25)(H2,19,20,22,23,26). The van der Waals surface area contributed by atoms with Crippen molar-refractivity contribution in [2.24, 2.45) is 0 Å². The summed E-state index contributed by atoms with van der Waals surface area (Å²) in [6.45, 7) is 3.74. The molecular formula is C18H15N3O4S. The summed E-state index contributed by atoms with van der Waals surface area (Å²) in [7, 11) is 0. The van der Waals surface area contributed by atoms with Crippen LogP contribution in [0.3, 0.4) is 0 Å². The van der Waals surface area contributed by atoms with E-state index in [0.29, 0.717) is 5.56 Å². The molecular weight excluding hydrogens is 354 g/mol.